The van der Waals surface area contributed by atoms with Gasteiger partial charge in [-0.1, -0.05) is 36.0 Å². The van der Waals surface area contributed by atoms with Crippen molar-refractivity contribution in [2.75, 3.05) is 10.6 Å². The Kier molecular flexibility index (Phi) is 4.72. The Morgan fingerprint density at radius 2 is 1.81 bits per heavy atom. The number of halogens is 2. The maximum absolute atomic E-state index is 13.2. The molecule has 2 aromatic rings. The number of carbonyl (C=O) groups is 1. The van der Waals surface area contributed by atoms with Crippen LogP contribution in [0.3, 0.4) is 0 Å². The smallest absolute Gasteiger partial charge is 0.323 e. The summed E-state index contributed by atoms with van der Waals surface area (Å²) in [7, 11) is 0. The number of para-hydroxylation sites is 1. The molecule has 2 aromatic carbocycles. The van der Waals surface area contributed by atoms with Crippen LogP contribution in [0, 0.1) is 5.82 Å². The van der Waals surface area contributed by atoms with Crippen molar-refractivity contribution in [3.63, 3.8) is 0 Å². The van der Waals surface area contributed by atoms with Crippen molar-refractivity contribution in [1.29, 1.82) is 0 Å². The van der Waals surface area contributed by atoms with E-state index in [1.807, 2.05) is 0 Å². The van der Waals surface area contributed by atoms with Gasteiger partial charge in [-0.2, -0.15) is 0 Å². The van der Waals surface area contributed by atoms with Crippen LogP contribution in [0.1, 0.15) is 5.56 Å². The van der Waals surface area contributed by atoms with Crippen molar-refractivity contribution in [1.82, 2.24) is 0 Å². The molecule has 0 saturated carbocycles. The van der Waals surface area contributed by atoms with Crippen molar-refractivity contribution in [3.8, 4) is 0 Å². The fraction of sp³-hybridized carbons (Fsp3) is 0. The van der Waals surface area contributed by atoms with E-state index < -0.39 is 11.8 Å². The van der Waals surface area contributed by atoms with E-state index in [-0.39, 0.29) is 10.6 Å². The molecule has 0 spiro atoms. The van der Waals surface area contributed by atoms with Gasteiger partial charge in [0.2, 0.25) is 0 Å². The van der Waals surface area contributed by atoms with Crippen LogP contribution < -0.4 is 16.4 Å². The summed E-state index contributed by atoms with van der Waals surface area (Å²) in [5, 5.41) is 5.54. The molecule has 0 bridgehead atoms. The second-order valence-corrected chi connectivity index (χ2v) is 4.96. The van der Waals surface area contributed by atoms with E-state index in [9.17, 15) is 9.18 Å². The molecule has 0 heterocycles. The first kappa shape index (κ1) is 15.2. The second-order valence-electron chi connectivity index (χ2n) is 4.11. The maximum atomic E-state index is 13.2. The zero-order valence-electron chi connectivity index (χ0n) is 10.7. The van der Waals surface area contributed by atoms with E-state index in [2.05, 4.69) is 10.6 Å². The molecule has 0 saturated heterocycles. The molecule has 4 N–H and O–H groups in total. The van der Waals surface area contributed by atoms with Crippen molar-refractivity contribution < 1.29 is 9.18 Å². The Labute approximate surface area is 131 Å². The number of hydrogen-bond donors (Lipinski definition) is 3. The first-order valence-electron chi connectivity index (χ1n) is 5.89. The van der Waals surface area contributed by atoms with Gasteiger partial charge in [0.25, 0.3) is 0 Å². The Bertz CT molecular complexity index is 708. The monoisotopic (exact) mass is 323 g/mol. The van der Waals surface area contributed by atoms with Gasteiger partial charge in [0.15, 0.2) is 0 Å². The van der Waals surface area contributed by atoms with Crippen molar-refractivity contribution in [2.45, 2.75) is 0 Å². The average Bonchev–Trinajstić information content (AvgIpc) is 2.43. The number of thiocarbonyl (C=S) groups is 1. The predicted molar refractivity (Wildman–Crippen MR) is 86.4 cm³/mol. The topological polar surface area (TPSA) is 67.1 Å². The summed E-state index contributed by atoms with van der Waals surface area (Å²) < 4.78 is 13.2. The molecule has 2 amide bonds. The summed E-state index contributed by atoms with van der Waals surface area (Å²) >= 11 is 10.8. The summed E-state index contributed by atoms with van der Waals surface area (Å²) in [6.07, 6.45) is 0. The highest BCUT2D eigenvalue weighted by atomic mass is 35.5. The fourth-order valence-corrected chi connectivity index (χ4v) is 2.02. The minimum Gasteiger partial charge on any atom is -0.389 e. The first-order valence-corrected chi connectivity index (χ1v) is 6.68. The van der Waals surface area contributed by atoms with Crippen molar-refractivity contribution >= 4 is 46.2 Å². The summed E-state index contributed by atoms with van der Waals surface area (Å²) in [6, 6.07) is 10.00. The molecule has 0 aromatic heterocycles. The molecule has 0 aliphatic carbocycles. The summed E-state index contributed by atoms with van der Waals surface area (Å²) in [5.41, 5.74) is 6.52. The number of anilines is 2. The second kappa shape index (κ2) is 6.51. The number of hydrogen-bond acceptors (Lipinski definition) is 2. The van der Waals surface area contributed by atoms with Gasteiger partial charge in [0.1, 0.15) is 10.8 Å². The Morgan fingerprint density at radius 3 is 2.48 bits per heavy atom. The molecule has 0 atom stereocenters. The number of rotatable bonds is 3. The van der Waals surface area contributed by atoms with Gasteiger partial charge in [-0.05, 0) is 30.3 Å². The first-order chi connectivity index (χ1) is 9.97. The van der Waals surface area contributed by atoms with E-state index in [0.29, 0.717) is 16.4 Å². The van der Waals surface area contributed by atoms with Crippen molar-refractivity contribution in [2.24, 2.45) is 5.73 Å². The van der Waals surface area contributed by atoms with Crippen LogP contribution in [-0.4, -0.2) is 11.0 Å². The zero-order chi connectivity index (χ0) is 15.4. The largest absolute Gasteiger partial charge is 0.389 e. The molecule has 108 valence electrons. The number of nitrogens with one attached hydrogen (secondary N) is 2. The van der Waals surface area contributed by atoms with Gasteiger partial charge in [-0.25, -0.2) is 9.18 Å². The molecule has 4 nitrogen and oxygen atoms in total. The molecule has 0 unspecified atom stereocenters. The maximum Gasteiger partial charge on any atom is 0.323 e. The molecular weight excluding hydrogens is 313 g/mol. The van der Waals surface area contributed by atoms with E-state index in [0.717, 1.165) is 6.07 Å². The Morgan fingerprint density at radius 1 is 1.14 bits per heavy atom. The minimum absolute atomic E-state index is 0.0115. The Balaban J connectivity index is 2.17. The Hall–Kier alpha value is -2.18. The third-order valence-electron chi connectivity index (χ3n) is 2.62. The summed E-state index contributed by atoms with van der Waals surface area (Å²) in [5.74, 6) is -0.491. The normalized spacial score (nSPS) is 10.0. The minimum atomic E-state index is -0.535. The molecule has 0 aliphatic rings. The van der Waals surface area contributed by atoms with Gasteiger partial charge in [-0.3, -0.25) is 0 Å². The molecule has 21 heavy (non-hydrogen) atoms. The lowest BCUT2D eigenvalue weighted by Gasteiger charge is -2.12. The van der Waals surface area contributed by atoms with Gasteiger partial charge in [0.05, 0.1) is 16.4 Å². The molecule has 0 aliphatic heterocycles. The molecule has 2 rings (SSSR count). The van der Waals surface area contributed by atoms with E-state index in [4.69, 9.17) is 29.6 Å². The van der Waals surface area contributed by atoms with Crippen LogP contribution in [0.4, 0.5) is 20.6 Å². The highest BCUT2D eigenvalue weighted by Gasteiger charge is 2.11. The standard InChI is InChI=1S/C14H11ClFN3OS/c15-10-3-1-2-4-12(10)19-14(20)18-11-6-5-8(16)7-9(11)13(17)21/h1-7H,(H2,17,21)(H2,18,19,20). The van der Waals surface area contributed by atoms with E-state index in [1.165, 1.54) is 12.1 Å². The molecule has 7 heteroatoms. The summed E-state index contributed by atoms with van der Waals surface area (Å²) in [6.45, 7) is 0. The SMILES string of the molecule is NC(=S)c1cc(F)ccc1NC(=O)Nc1ccccc1Cl. The zero-order valence-corrected chi connectivity index (χ0v) is 12.3. The highest BCUT2D eigenvalue weighted by molar-refractivity contribution is 7.80. The highest BCUT2D eigenvalue weighted by Crippen LogP contribution is 2.21. The number of urea groups is 1. The molecule has 0 fully saturated rings. The van der Waals surface area contributed by atoms with E-state index >= 15 is 0 Å². The van der Waals surface area contributed by atoms with Gasteiger partial charge >= 0.3 is 6.03 Å². The van der Waals surface area contributed by atoms with Gasteiger partial charge < -0.3 is 16.4 Å². The van der Waals surface area contributed by atoms with Crippen LogP contribution in [0.2, 0.25) is 5.02 Å². The number of benzene rings is 2. The van der Waals surface area contributed by atoms with Crippen molar-refractivity contribution in [3.05, 3.63) is 58.9 Å². The van der Waals surface area contributed by atoms with Gasteiger partial charge in [-0.15, -0.1) is 0 Å². The average molecular weight is 324 g/mol. The lowest BCUT2D eigenvalue weighted by atomic mass is 10.1. The number of nitrogens with two attached hydrogens (primary N) is 1. The van der Waals surface area contributed by atoms with Crippen LogP contribution in [0.5, 0.6) is 0 Å². The summed E-state index contributed by atoms with van der Waals surface area (Å²) in [4.78, 5) is 11.9. The quantitative estimate of drug-likeness (QED) is 0.753. The predicted octanol–water partition coefficient (Wildman–Crippen LogP) is 3.76. The number of amides is 2. The van der Waals surface area contributed by atoms with E-state index in [1.54, 1.807) is 24.3 Å². The van der Waals surface area contributed by atoms with Crippen LogP contribution >= 0.6 is 23.8 Å². The third-order valence-corrected chi connectivity index (χ3v) is 3.17. The lowest BCUT2D eigenvalue weighted by molar-refractivity contribution is 0.262. The van der Waals surface area contributed by atoms with Gasteiger partial charge in [0, 0.05) is 5.56 Å². The van der Waals surface area contributed by atoms with Crippen LogP contribution in [0.25, 0.3) is 0 Å². The molecule has 0 radical (unpaired) electrons. The third kappa shape index (κ3) is 3.90. The lowest BCUT2D eigenvalue weighted by Crippen LogP contribution is -2.22. The number of carbonyl (C=O) groups excluding carboxylic acids is 1. The van der Waals surface area contributed by atoms with Crippen LogP contribution in [-0.2, 0) is 0 Å². The fourth-order valence-electron chi connectivity index (χ4n) is 1.67. The molecular formula is C14H11ClFN3OS. The van der Waals surface area contributed by atoms with Crippen LogP contribution in [0.15, 0.2) is 42.5 Å².